The molecule has 0 bridgehead atoms. The minimum atomic E-state index is -3.82. The van der Waals surface area contributed by atoms with Crippen molar-refractivity contribution in [3.63, 3.8) is 0 Å². The third-order valence-electron chi connectivity index (χ3n) is 5.16. The van der Waals surface area contributed by atoms with Gasteiger partial charge in [-0.1, -0.05) is 24.3 Å². The van der Waals surface area contributed by atoms with Gasteiger partial charge < -0.3 is 4.57 Å². The van der Waals surface area contributed by atoms with Gasteiger partial charge in [0.2, 0.25) is 0 Å². The van der Waals surface area contributed by atoms with E-state index >= 15 is 0 Å². The van der Waals surface area contributed by atoms with Gasteiger partial charge in [-0.05, 0) is 36.1 Å². The number of carbonyl (C=O) groups excluding carboxylic acids is 1. The summed E-state index contributed by atoms with van der Waals surface area (Å²) in [4.78, 5) is 29.6. The van der Waals surface area contributed by atoms with Gasteiger partial charge in [-0.3, -0.25) is 19.8 Å². The van der Waals surface area contributed by atoms with Crippen molar-refractivity contribution in [1.29, 1.82) is 0 Å². The average molecular weight is 448 g/mol. The number of hydrogen-bond donors (Lipinski definition) is 2. The molecule has 0 radical (unpaired) electrons. The lowest BCUT2D eigenvalue weighted by Gasteiger charge is -2.25. The van der Waals surface area contributed by atoms with Crippen molar-refractivity contribution in [2.75, 3.05) is 6.26 Å². The summed E-state index contributed by atoms with van der Waals surface area (Å²) in [6, 6.07) is 11.0. The Morgan fingerprint density at radius 1 is 1.20 bits per heavy atom. The zero-order valence-corrected chi connectivity index (χ0v) is 18.0. The first-order chi connectivity index (χ1) is 14.2. The predicted octanol–water partition coefficient (Wildman–Crippen LogP) is 2.34. The van der Waals surface area contributed by atoms with Gasteiger partial charge in [-0.2, -0.15) is 0 Å². The van der Waals surface area contributed by atoms with Crippen LogP contribution in [-0.4, -0.2) is 40.1 Å². The maximum Gasteiger partial charge on any atom is 0.264 e. The van der Waals surface area contributed by atoms with Gasteiger partial charge in [0.15, 0.2) is 14.6 Å². The molecule has 1 atom stereocenters. The molecule has 0 saturated heterocycles. The van der Waals surface area contributed by atoms with Crippen LogP contribution in [0.2, 0.25) is 0 Å². The van der Waals surface area contributed by atoms with Crippen molar-refractivity contribution in [3.05, 3.63) is 64.7 Å². The maximum atomic E-state index is 12.5. The number of thiazole rings is 1. The number of aromatic nitrogens is 2. The van der Waals surface area contributed by atoms with Gasteiger partial charge in [0.25, 0.3) is 11.5 Å². The van der Waals surface area contributed by atoms with Gasteiger partial charge in [0.1, 0.15) is 0 Å². The lowest BCUT2D eigenvalue weighted by atomic mass is 10.0. The molecule has 10 heteroatoms. The fourth-order valence-electron chi connectivity index (χ4n) is 2.98. The molecule has 0 aliphatic heterocycles. The minimum absolute atomic E-state index is 0.000416. The smallest absolute Gasteiger partial charge is 0.264 e. The Hall–Kier alpha value is -2.82. The number of hydrogen-bond acceptors (Lipinski definition) is 7. The lowest BCUT2D eigenvalue weighted by Crippen LogP contribution is -2.49. The second-order valence-electron chi connectivity index (χ2n) is 7.08. The summed E-state index contributed by atoms with van der Waals surface area (Å²) >= 11 is 1.54. The van der Waals surface area contributed by atoms with Crippen molar-refractivity contribution in [2.45, 2.75) is 24.6 Å². The number of nitrogens with one attached hydrogen (secondary N) is 1. The molecule has 0 aliphatic rings. The molecule has 2 N–H and O–H groups in total. The maximum absolute atomic E-state index is 12.5. The predicted molar refractivity (Wildman–Crippen MR) is 115 cm³/mol. The molecule has 2 heterocycles. The van der Waals surface area contributed by atoms with E-state index in [0.717, 1.165) is 27.8 Å². The van der Waals surface area contributed by atoms with Crippen molar-refractivity contribution >= 4 is 27.1 Å². The SMILES string of the molecule is CC(CCn1ccc(-c2ccc(-c3cncs3)cc2)cc1=O)(C(=O)NO)S(C)(=O)=O. The van der Waals surface area contributed by atoms with Crippen LogP contribution in [0.5, 0.6) is 0 Å². The molecule has 0 fully saturated rings. The summed E-state index contributed by atoms with van der Waals surface area (Å²) in [5.41, 5.74) is 5.48. The number of aryl methyl sites for hydroxylation is 1. The average Bonchev–Trinajstić information content (AvgIpc) is 3.26. The number of nitrogens with zero attached hydrogens (tertiary/aromatic N) is 2. The Bertz CT molecular complexity index is 1200. The molecule has 0 saturated carbocycles. The van der Waals surface area contributed by atoms with E-state index in [1.54, 1.807) is 35.3 Å². The van der Waals surface area contributed by atoms with Gasteiger partial charge in [-0.25, -0.2) is 13.9 Å². The third kappa shape index (κ3) is 4.35. The summed E-state index contributed by atoms with van der Waals surface area (Å²) in [5, 5.41) is 8.89. The van der Waals surface area contributed by atoms with Crippen LogP contribution >= 0.6 is 11.3 Å². The van der Waals surface area contributed by atoms with Gasteiger partial charge in [-0.15, -0.1) is 11.3 Å². The van der Waals surface area contributed by atoms with E-state index in [2.05, 4.69) is 4.98 Å². The normalized spacial score (nSPS) is 13.6. The molecule has 2 aromatic heterocycles. The third-order valence-corrected chi connectivity index (χ3v) is 8.01. The summed E-state index contributed by atoms with van der Waals surface area (Å²) in [6.07, 6.45) is 4.11. The van der Waals surface area contributed by atoms with Gasteiger partial charge in [0, 0.05) is 31.3 Å². The molecule has 30 heavy (non-hydrogen) atoms. The first kappa shape index (κ1) is 21.9. The molecular formula is C20H21N3O5S2. The fraction of sp³-hybridized carbons (Fsp3) is 0.250. The van der Waals surface area contributed by atoms with Crippen LogP contribution in [0.3, 0.4) is 0 Å². The first-order valence-corrected chi connectivity index (χ1v) is 11.8. The van der Waals surface area contributed by atoms with Gasteiger partial charge >= 0.3 is 0 Å². The van der Waals surface area contributed by atoms with E-state index in [9.17, 15) is 18.0 Å². The van der Waals surface area contributed by atoms with Crippen LogP contribution < -0.4 is 11.0 Å². The van der Waals surface area contributed by atoms with E-state index in [-0.39, 0.29) is 18.5 Å². The molecule has 0 aliphatic carbocycles. The monoisotopic (exact) mass is 447 g/mol. The van der Waals surface area contributed by atoms with Crippen molar-refractivity contribution in [2.24, 2.45) is 0 Å². The van der Waals surface area contributed by atoms with Crippen molar-refractivity contribution in [1.82, 2.24) is 15.0 Å². The largest absolute Gasteiger partial charge is 0.315 e. The number of amides is 1. The molecule has 158 valence electrons. The molecule has 1 amide bonds. The second kappa shape index (κ2) is 8.50. The highest BCUT2D eigenvalue weighted by atomic mass is 32.2. The highest BCUT2D eigenvalue weighted by molar-refractivity contribution is 7.92. The molecule has 0 spiro atoms. The number of pyridine rings is 1. The number of sulfone groups is 1. The van der Waals surface area contributed by atoms with Crippen molar-refractivity contribution in [3.8, 4) is 21.6 Å². The first-order valence-electron chi connectivity index (χ1n) is 8.99. The number of hydroxylamine groups is 1. The molecular weight excluding hydrogens is 426 g/mol. The van der Waals surface area contributed by atoms with Crippen LogP contribution in [0.4, 0.5) is 0 Å². The Morgan fingerprint density at radius 3 is 2.40 bits per heavy atom. The zero-order valence-electron chi connectivity index (χ0n) is 16.4. The lowest BCUT2D eigenvalue weighted by molar-refractivity contribution is -0.131. The van der Waals surface area contributed by atoms with Crippen LogP contribution in [0, 0.1) is 0 Å². The van der Waals surface area contributed by atoms with E-state index < -0.39 is 20.5 Å². The summed E-state index contributed by atoms with van der Waals surface area (Å²) in [5.74, 6) is -1.03. The zero-order chi connectivity index (χ0) is 21.9. The summed E-state index contributed by atoms with van der Waals surface area (Å²) < 4.78 is 23.6. The Kier molecular flexibility index (Phi) is 6.20. The van der Waals surface area contributed by atoms with Crippen LogP contribution in [0.25, 0.3) is 21.6 Å². The van der Waals surface area contributed by atoms with Crippen molar-refractivity contribution < 1.29 is 18.4 Å². The quantitative estimate of drug-likeness (QED) is 0.424. The van der Waals surface area contributed by atoms with Gasteiger partial charge in [0.05, 0.1) is 10.4 Å². The molecule has 3 aromatic rings. The fourth-order valence-corrected chi connectivity index (χ4v) is 4.45. The number of benzene rings is 1. The van der Waals surface area contributed by atoms with E-state index in [4.69, 9.17) is 5.21 Å². The molecule has 3 rings (SSSR count). The Balaban J connectivity index is 1.80. The van der Waals surface area contributed by atoms with E-state index in [1.807, 2.05) is 24.3 Å². The standard InChI is InChI=1S/C20H21N3O5S2/c1-20(19(25)22-26,30(2,27)28)8-10-23-9-7-16(11-18(23)24)14-3-5-15(6-4-14)17-12-21-13-29-17/h3-7,9,11-13,26H,8,10H2,1-2H3,(H,22,25). The van der Waals surface area contributed by atoms with Crippen LogP contribution in [0.15, 0.2) is 59.1 Å². The number of rotatable bonds is 7. The van der Waals surface area contributed by atoms with E-state index in [0.29, 0.717) is 0 Å². The summed E-state index contributed by atoms with van der Waals surface area (Å²) in [6.45, 7) is 1.22. The Morgan fingerprint density at radius 2 is 1.87 bits per heavy atom. The minimum Gasteiger partial charge on any atom is -0.315 e. The summed E-state index contributed by atoms with van der Waals surface area (Å²) in [7, 11) is -3.82. The number of carbonyl (C=O) groups is 1. The van der Waals surface area contributed by atoms with E-state index in [1.165, 1.54) is 23.0 Å². The molecule has 1 aromatic carbocycles. The highest BCUT2D eigenvalue weighted by Gasteiger charge is 2.43. The molecule has 1 unspecified atom stereocenters. The van der Waals surface area contributed by atoms with Crippen LogP contribution in [-0.2, 0) is 21.2 Å². The molecule has 8 nitrogen and oxygen atoms in total. The topological polar surface area (TPSA) is 118 Å². The Labute approximate surface area is 177 Å². The second-order valence-corrected chi connectivity index (χ2v) is 10.4. The van der Waals surface area contributed by atoms with Crippen LogP contribution in [0.1, 0.15) is 13.3 Å². The highest BCUT2D eigenvalue weighted by Crippen LogP contribution is 2.26.